The second kappa shape index (κ2) is 8.27. The zero-order chi connectivity index (χ0) is 20.4. The van der Waals surface area contributed by atoms with Crippen molar-refractivity contribution in [3.8, 4) is 28.6 Å². The maximum Gasteiger partial charge on any atom is 0.258 e. The third kappa shape index (κ3) is 4.44. The molecule has 0 amide bonds. The van der Waals surface area contributed by atoms with Crippen LogP contribution >= 0.6 is 23.2 Å². The molecular formula is C23H18Cl2N2O2. The van der Waals surface area contributed by atoms with E-state index in [9.17, 15) is 0 Å². The quantitative estimate of drug-likeness (QED) is 0.349. The van der Waals surface area contributed by atoms with Crippen molar-refractivity contribution in [3.63, 3.8) is 0 Å². The van der Waals surface area contributed by atoms with Crippen LogP contribution in [0.1, 0.15) is 16.7 Å². The Bertz CT molecular complexity index is 1170. The van der Waals surface area contributed by atoms with Crippen LogP contribution in [0.15, 0.2) is 65.2 Å². The first-order valence-electron chi connectivity index (χ1n) is 9.08. The van der Waals surface area contributed by atoms with Crippen molar-refractivity contribution in [3.05, 3.63) is 87.4 Å². The molecule has 0 unspecified atom stereocenters. The van der Waals surface area contributed by atoms with E-state index in [0.717, 1.165) is 22.4 Å². The molecule has 4 aromatic rings. The standard InChI is InChI=1S/C23H18Cl2N2O2/c1-14-6-9-21(15(2)10-14)28-13-16-4-3-5-17(11-16)23-26-22(27-29-23)19-8-7-18(24)12-20(19)25/h3-12H,13H2,1-2H3. The van der Waals surface area contributed by atoms with Gasteiger partial charge in [-0.1, -0.05) is 58.2 Å². The second-order valence-corrected chi connectivity index (χ2v) is 7.65. The summed E-state index contributed by atoms with van der Waals surface area (Å²) in [5, 5.41) is 5.08. The fraction of sp³-hybridized carbons (Fsp3) is 0.130. The number of rotatable bonds is 5. The summed E-state index contributed by atoms with van der Waals surface area (Å²) >= 11 is 12.2. The van der Waals surface area contributed by atoms with Gasteiger partial charge >= 0.3 is 0 Å². The first kappa shape index (κ1) is 19.5. The average Bonchev–Trinajstić information content (AvgIpc) is 3.17. The second-order valence-electron chi connectivity index (χ2n) is 6.81. The van der Waals surface area contributed by atoms with Gasteiger partial charge < -0.3 is 9.26 Å². The lowest BCUT2D eigenvalue weighted by atomic mass is 10.1. The summed E-state index contributed by atoms with van der Waals surface area (Å²) in [4.78, 5) is 4.48. The third-order valence-electron chi connectivity index (χ3n) is 4.50. The molecule has 6 heteroatoms. The summed E-state index contributed by atoms with van der Waals surface area (Å²) in [5.74, 6) is 1.71. The number of aryl methyl sites for hydroxylation is 2. The van der Waals surface area contributed by atoms with Gasteiger partial charge in [0.15, 0.2) is 0 Å². The number of hydrogen-bond acceptors (Lipinski definition) is 4. The molecule has 1 heterocycles. The molecule has 4 nitrogen and oxygen atoms in total. The van der Waals surface area contributed by atoms with E-state index >= 15 is 0 Å². The first-order chi connectivity index (χ1) is 14.0. The number of hydrogen-bond donors (Lipinski definition) is 0. The largest absolute Gasteiger partial charge is 0.489 e. The fourth-order valence-electron chi connectivity index (χ4n) is 3.04. The highest BCUT2D eigenvalue weighted by Gasteiger charge is 2.14. The van der Waals surface area contributed by atoms with Gasteiger partial charge in [-0.25, -0.2) is 0 Å². The maximum atomic E-state index is 6.24. The lowest BCUT2D eigenvalue weighted by molar-refractivity contribution is 0.304. The van der Waals surface area contributed by atoms with E-state index in [1.807, 2.05) is 43.3 Å². The predicted octanol–water partition coefficient (Wildman–Crippen LogP) is 6.91. The number of benzene rings is 3. The van der Waals surface area contributed by atoms with Crippen LogP contribution in [-0.4, -0.2) is 10.1 Å². The Morgan fingerprint density at radius 1 is 0.966 bits per heavy atom. The Hall–Kier alpha value is -2.82. The van der Waals surface area contributed by atoms with Gasteiger partial charge in [0.1, 0.15) is 12.4 Å². The van der Waals surface area contributed by atoms with Gasteiger partial charge in [0, 0.05) is 16.1 Å². The summed E-state index contributed by atoms with van der Waals surface area (Å²) in [6.07, 6.45) is 0. The van der Waals surface area contributed by atoms with Crippen LogP contribution in [0.4, 0.5) is 0 Å². The average molecular weight is 425 g/mol. The van der Waals surface area contributed by atoms with Crippen molar-refractivity contribution in [1.82, 2.24) is 10.1 Å². The number of halogens is 2. The summed E-state index contributed by atoms with van der Waals surface area (Å²) in [5.41, 5.74) is 4.81. The molecule has 29 heavy (non-hydrogen) atoms. The maximum absolute atomic E-state index is 6.24. The van der Waals surface area contributed by atoms with Crippen molar-refractivity contribution < 1.29 is 9.26 Å². The molecule has 0 saturated heterocycles. The molecule has 0 aliphatic carbocycles. The fourth-order valence-corrected chi connectivity index (χ4v) is 3.53. The normalized spacial score (nSPS) is 10.9. The van der Waals surface area contributed by atoms with E-state index in [1.54, 1.807) is 18.2 Å². The zero-order valence-corrected chi connectivity index (χ0v) is 17.5. The van der Waals surface area contributed by atoms with Crippen molar-refractivity contribution in [2.45, 2.75) is 20.5 Å². The summed E-state index contributed by atoms with van der Waals surface area (Å²) < 4.78 is 11.4. The van der Waals surface area contributed by atoms with Crippen molar-refractivity contribution in [2.24, 2.45) is 0 Å². The van der Waals surface area contributed by atoms with Gasteiger partial charge in [-0.15, -0.1) is 0 Å². The minimum atomic E-state index is 0.415. The minimum Gasteiger partial charge on any atom is -0.489 e. The Labute approximate surface area is 179 Å². The number of nitrogens with zero attached hydrogens (tertiary/aromatic N) is 2. The Kier molecular flexibility index (Phi) is 5.56. The molecule has 0 bridgehead atoms. The highest BCUT2D eigenvalue weighted by Crippen LogP contribution is 2.30. The van der Waals surface area contributed by atoms with E-state index in [4.69, 9.17) is 32.5 Å². The van der Waals surface area contributed by atoms with Crippen LogP contribution in [0.2, 0.25) is 10.0 Å². The topological polar surface area (TPSA) is 48.2 Å². The zero-order valence-electron chi connectivity index (χ0n) is 15.9. The van der Waals surface area contributed by atoms with E-state index in [2.05, 4.69) is 23.1 Å². The van der Waals surface area contributed by atoms with Gasteiger partial charge in [0.25, 0.3) is 5.89 Å². The van der Waals surface area contributed by atoms with Crippen LogP contribution in [0, 0.1) is 13.8 Å². The Balaban J connectivity index is 1.54. The highest BCUT2D eigenvalue weighted by atomic mass is 35.5. The van der Waals surface area contributed by atoms with Gasteiger partial charge in [0.2, 0.25) is 5.82 Å². The van der Waals surface area contributed by atoms with E-state index in [-0.39, 0.29) is 0 Å². The molecule has 3 aromatic carbocycles. The van der Waals surface area contributed by atoms with Gasteiger partial charge in [-0.05, 0) is 61.4 Å². The summed E-state index contributed by atoms with van der Waals surface area (Å²) in [6, 6.07) is 19.1. The van der Waals surface area contributed by atoms with E-state index in [1.165, 1.54) is 5.56 Å². The molecule has 0 N–H and O–H groups in total. The highest BCUT2D eigenvalue weighted by molar-refractivity contribution is 6.36. The molecule has 0 aliphatic heterocycles. The molecule has 0 spiro atoms. The van der Waals surface area contributed by atoms with Crippen LogP contribution in [0.3, 0.4) is 0 Å². The molecule has 0 atom stereocenters. The lowest BCUT2D eigenvalue weighted by Crippen LogP contribution is -1.97. The van der Waals surface area contributed by atoms with Crippen LogP contribution in [0.5, 0.6) is 5.75 Å². The van der Waals surface area contributed by atoms with Crippen molar-refractivity contribution in [1.29, 1.82) is 0 Å². The van der Waals surface area contributed by atoms with Crippen molar-refractivity contribution >= 4 is 23.2 Å². The molecule has 1 aromatic heterocycles. The molecule has 4 rings (SSSR count). The number of ether oxygens (including phenoxy) is 1. The molecule has 0 fully saturated rings. The van der Waals surface area contributed by atoms with E-state index in [0.29, 0.717) is 33.9 Å². The lowest BCUT2D eigenvalue weighted by Gasteiger charge is -2.10. The first-order valence-corrected chi connectivity index (χ1v) is 9.84. The van der Waals surface area contributed by atoms with Gasteiger partial charge in [-0.3, -0.25) is 0 Å². The molecule has 0 radical (unpaired) electrons. The van der Waals surface area contributed by atoms with Gasteiger partial charge in [0.05, 0.1) is 5.02 Å². The third-order valence-corrected chi connectivity index (χ3v) is 5.04. The Morgan fingerprint density at radius 3 is 2.62 bits per heavy atom. The molecular weight excluding hydrogens is 407 g/mol. The predicted molar refractivity (Wildman–Crippen MR) is 115 cm³/mol. The van der Waals surface area contributed by atoms with E-state index < -0.39 is 0 Å². The molecule has 146 valence electrons. The van der Waals surface area contributed by atoms with Gasteiger partial charge in [-0.2, -0.15) is 4.98 Å². The number of aromatic nitrogens is 2. The molecule has 0 aliphatic rings. The smallest absolute Gasteiger partial charge is 0.258 e. The van der Waals surface area contributed by atoms with Crippen LogP contribution < -0.4 is 4.74 Å². The monoisotopic (exact) mass is 424 g/mol. The Morgan fingerprint density at radius 2 is 1.83 bits per heavy atom. The summed E-state index contributed by atoms with van der Waals surface area (Å²) in [7, 11) is 0. The van der Waals surface area contributed by atoms with Crippen molar-refractivity contribution in [2.75, 3.05) is 0 Å². The molecule has 0 saturated carbocycles. The minimum absolute atomic E-state index is 0.415. The summed E-state index contributed by atoms with van der Waals surface area (Å²) in [6.45, 7) is 4.55. The SMILES string of the molecule is Cc1ccc(OCc2cccc(-c3nc(-c4ccc(Cl)cc4Cl)no3)c2)c(C)c1. The van der Waals surface area contributed by atoms with Crippen LogP contribution in [0.25, 0.3) is 22.8 Å². The van der Waals surface area contributed by atoms with Crippen LogP contribution in [-0.2, 0) is 6.61 Å².